The molecule has 0 fully saturated rings. The highest BCUT2D eigenvalue weighted by Gasteiger charge is 2.20. The van der Waals surface area contributed by atoms with E-state index in [1.165, 1.54) is 13.0 Å². The highest BCUT2D eigenvalue weighted by atomic mass is 79.9. The van der Waals surface area contributed by atoms with Crippen molar-refractivity contribution >= 4 is 31.9 Å². The molecule has 0 saturated heterocycles. The van der Waals surface area contributed by atoms with Gasteiger partial charge in [0.15, 0.2) is 5.82 Å². The maximum atomic E-state index is 12.7. The van der Waals surface area contributed by atoms with Gasteiger partial charge in [0, 0.05) is 0 Å². The minimum Gasteiger partial charge on any atom is -0.305 e. The third kappa shape index (κ3) is 2.41. The Morgan fingerprint density at radius 3 is 2.47 bits per heavy atom. The van der Waals surface area contributed by atoms with Crippen molar-refractivity contribution in [2.45, 2.75) is 13.5 Å². The summed E-state index contributed by atoms with van der Waals surface area (Å²) >= 11 is 6.13. The molecule has 0 saturated carbocycles. The van der Waals surface area contributed by atoms with Crippen molar-refractivity contribution in [3.63, 3.8) is 0 Å². The first-order chi connectivity index (χ1) is 8.82. The number of aromatic amines is 1. The fourth-order valence-electron chi connectivity index (χ4n) is 1.47. The van der Waals surface area contributed by atoms with E-state index in [2.05, 4.69) is 41.9 Å². The average molecular weight is 400 g/mol. The van der Waals surface area contributed by atoms with Gasteiger partial charge in [-0.25, -0.2) is 9.36 Å². The van der Waals surface area contributed by atoms with Gasteiger partial charge in [0.2, 0.25) is 0 Å². The molecule has 2 aromatic heterocycles. The molecule has 0 aliphatic heterocycles. The standard InChI is InChI=1S/C9H6Br2F2N4O2/c1-3-15-17(9(19)16(3)8(12)13)6-4(10)2-5(11)7(18)14-6/h2,8H,1H3,(H,14,18). The number of nitrogens with zero attached hydrogens (tertiary/aromatic N) is 3. The van der Waals surface area contributed by atoms with Crippen LogP contribution in [-0.4, -0.2) is 19.3 Å². The Morgan fingerprint density at radius 1 is 1.32 bits per heavy atom. The molecule has 2 aromatic rings. The maximum Gasteiger partial charge on any atom is 0.356 e. The minimum absolute atomic E-state index is 0.0132. The molecule has 0 amide bonds. The molecule has 0 spiro atoms. The van der Waals surface area contributed by atoms with Gasteiger partial charge in [-0.05, 0) is 44.8 Å². The SMILES string of the molecule is Cc1nn(-c2[nH]c(=O)c(Br)cc2Br)c(=O)n1C(F)F. The molecule has 2 rings (SSSR count). The zero-order valence-corrected chi connectivity index (χ0v) is 12.5. The van der Waals surface area contributed by atoms with Gasteiger partial charge in [-0.2, -0.15) is 13.5 Å². The monoisotopic (exact) mass is 398 g/mol. The summed E-state index contributed by atoms with van der Waals surface area (Å²) in [5.74, 6) is -0.170. The molecule has 19 heavy (non-hydrogen) atoms. The molecule has 0 radical (unpaired) electrons. The Balaban J connectivity index is 2.74. The minimum atomic E-state index is -3.00. The Hall–Kier alpha value is -1.29. The summed E-state index contributed by atoms with van der Waals surface area (Å²) in [5, 5.41) is 3.70. The molecular weight excluding hydrogens is 394 g/mol. The summed E-state index contributed by atoms with van der Waals surface area (Å²) in [6, 6.07) is 1.40. The van der Waals surface area contributed by atoms with E-state index in [4.69, 9.17) is 0 Å². The van der Waals surface area contributed by atoms with Gasteiger partial charge in [0.25, 0.3) is 5.56 Å². The predicted molar refractivity (Wildman–Crippen MR) is 69.8 cm³/mol. The molecular formula is C9H6Br2F2N4O2. The van der Waals surface area contributed by atoms with Crippen molar-refractivity contribution in [3.8, 4) is 5.82 Å². The summed E-state index contributed by atoms with van der Waals surface area (Å²) in [7, 11) is 0. The molecule has 102 valence electrons. The second-order valence-corrected chi connectivity index (χ2v) is 5.24. The Morgan fingerprint density at radius 2 is 1.95 bits per heavy atom. The van der Waals surface area contributed by atoms with E-state index in [1.807, 2.05) is 0 Å². The molecule has 0 aliphatic rings. The summed E-state index contributed by atoms with van der Waals surface area (Å²) in [5.41, 5.74) is -1.54. The number of aryl methyl sites for hydroxylation is 1. The molecule has 0 aliphatic carbocycles. The third-order valence-corrected chi connectivity index (χ3v) is 3.51. The first kappa shape index (κ1) is 14.1. The third-order valence-electron chi connectivity index (χ3n) is 2.32. The summed E-state index contributed by atoms with van der Waals surface area (Å²) < 4.78 is 26.9. The van der Waals surface area contributed by atoms with Crippen LogP contribution in [0.3, 0.4) is 0 Å². The zero-order valence-electron chi connectivity index (χ0n) is 9.32. The van der Waals surface area contributed by atoms with Crippen molar-refractivity contribution in [2.24, 2.45) is 0 Å². The summed E-state index contributed by atoms with van der Waals surface area (Å²) in [4.78, 5) is 25.7. The second kappa shape index (κ2) is 5.00. The van der Waals surface area contributed by atoms with Gasteiger partial charge < -0.3 is 4.98 Å². The summed E-state index contributed by atoms with van der Waals surface area (Å²) in [6.45, 7) is -1.73. The summed E-state index contributed by atoms with van der Waals surface area (Å²) in [6.07, 6.45) is 0. The highest BCUT2D eigenvalue weighted by molar-refractivity contribution is 9.11. The van der Waals surface area contributed by atoms with Crippen LogP contribution in [0, 0.1) is 6.92 Å². The molecule has 0 bridgehead atoms. The van der Waals surface area contributed by atoms with Crippen LogP contribution in [0.2, 0.25) is 0 Å². The number of nitrogens with one attached hydrogen (secondary N) is 1. The van der Waals surface area contributed by atoms with Gasteiger partial charge in [-0.3, -0.25) is 4.79 Å². The lowest BCUT2D eigenvalue weighted by Crippen LogP contribution is -2.27. The van der Waals surface area contributed by atoms with Crippen molar-refractivity contribution in [1.82, 2.24) is 19.3 Å². The van der Waals surface area contributed by atoms with Crippen molar-refractivity contribution in [3.05, 3.63) is 41.7 Å². The molecule has 0 atom stereocenters. The lowest BCUT2D eigenvalue weighted by Gasteiger charge is -2.03. The van der Waals surface area contributed by atoms with Crippen LogP contribution in [0.4, 0.5) is 8.78 Å². The van der Waals surface area contributed by atoms with Crippen LogP contribution >= 0.6 is 31.9 Å². The molecule has 6 nitrogen and oxygen atoms in total. The largest absolute Gasteiger partial charge is 0.356 e. The number of rotatable bonds is 2. The average Bonchev–Trinajstić information content (AvgIpc) is 2.59. The van der Waals surface area contributed by atoms with Gasteiger partial charge in [0.05, 0.1) is 8.95 Å². The number of H-pyrrole nitrogens is 1. The van der Waals surface area contributed by atoms with Gasteiger partial charge in [0.1, 0.15) is 5.82 Å². The lowest BCUT2D eigenvalue weighted by atomic mass is 10.4. The van der Waals surface area contributed by atoms with E-state index in [0.29, 0.717) is 9.15 Å². The quantitative estimate of drug-likeness (QED) is 0.838. The van der Waals surface area contributed by atoms with Crippen LogP contribution in [0.5, 0.6) is 0 Å². The van der Waals surface area contributed by atoms with Gasteiger partial charge in [-0.15, -0.1) is 5.10 Å². The number of aromatic nitrogens is 4. The van der Waals surface area contributed by atoms with Crippen molar-refractivity contribution < 1.29 is 8.78 Å². The van der Waals surface area contributed by atoms with E-state index < -0.39 is 17.8 Å². The Bertz CT molecular complexity index is 750. The number of alkyl halides is 2. The van der Waals surface area contributed by atoms with Crippen LogP contribution in [0.15, 0.2) is 24.6 Å². The Kier molecular flexibility index (Phi) is 3.72. The second-order valence-electron chi connectivity index (χ2n) is 3.53. The molecule has 0 aromatic carbocycles. The molecule has 1 N–H and O–H groups in total. The number of halogens is 4. The maximum absolute atomic E-state index is 12.7. The lowest BCUT2D eigenvalue weighted by molar-refractivity contribution is 0.0640. The van der Waals surface area contributed by atoms with E-state index in [9.17, 15) is 18.4 Å². The van der Waals surface area contributed by atoms with Crippen molar-refractivity contribution in [2.75, 3.05) is 0 Å². The highest BCUT2D eigenvalue weighted by Crippen LogP contribution is 2.19. The number of pyridine rings is 1. The fraction of sp³-hybridized carbons (Fsp3) is 0.222. The van der Waals surface area contributed by atoms with E-state index in [1.54, 1.807) is 0 Å². The first-order valence-corrected chi connectivity index (χ1v) is 6.46. The normalized spacial score (nSPS) is 11.3. The smallest absolute Gasteiger partial charge is 0.305 e. The predicted octanol–water partition coefficient (Wildman–Crippen LogP) is 1.95. The molecule has 2 heterocycles. The van der Waals surface area contributed by atoms with E-state index in [0.717, 1.165) is 0 Å². The van der Waals surface area contributed by atoms with E-state index in [-0.39, 0.29) is 20.7 Å². The Labute approximate surface area is 121 Å². The molecule has 10 heteroatoms. The first-order valence-electron chi connectivity index (χ1n) is 4.88. The van der Waals surface area contributed by atoms with Crippen molar-refractivity contribution in [1.29, 1.82) is 0 Å². The fourth-order valence-corrected chi connectivity index (χ4v) is 2.60. The van der Waals surface area contributed by atoms with Crippen LogP contribution < -0.4 is 11.2 Å². The van der Waals surface area contributed by atoms with Gasteiger partial charge in [-0.1, -0.05) is 0 Å². The van der Waals surface area contributed by atoms with Crippen LogP contribution in [0.25, 0.3) is 5.82 Å². The number of hydrogen-bond acceptors (Lipinski definition) is 3. The van der Waals surface area contributed by atoms with Crippen LogP contribution in [0.1, 0.15) is 12.4 Å². The van der Waals surface area contributed by atoms with E-state index >= 15 is 0 Å². The van der Waals surface area contributed by atoms with Gasteiger partial charge >= 0.3 is 12.2 Å². The zero-order chi connectivity index (χ0) is 14.3. The van der Waals surface area contributed by atoms with Crippen LogP contribution in [-0.2, 0) is 0 Å². The molecule has 0 unspecified atom stereocenters. The number of hydrogen-bond donors (Lipinski definition) is 1. The topological polar surface area (TPSA) is 72.7 Å².